The van der Waals surface area contributed by atoms with Gasteiger partial charge in [0.25, 0.3) is 0 Å². The maximum Gasteiger partial charge on any atom is 0.155 e. The third-order valence-electron chi connectivity index (χ3n) is 4.08. The number of nitrogens with two attached hydrogens (primary N) is 1. The lowest BCUT2D eigenvalue weighted by atomic mass is 10.1. The summed E-state index contributed by atoms with van der Waals surface area (Å²) in [6.07, 6.45) is 0.808. The van der Waals surface area contributed by atoms with E-state index in [2.05, 4.69) is 32.1 Å². The average molecular weight is 333 g/mol. The Morgan fingerprint density at radius 3 is 2.60 bits per heavy atom. The van der Waals surface area contributed by atoms with Gasteiger partial charge in [0.15, 0.2) is 11.6 Å². The molecule has 0 spiro atoms. The molecule has 0 amide bonds. The lowest BCUT2D eigenvalue weighted by Gasteiger charge is -2.06. The van der Waals surface area contributed by atoms with Crippen LogP contribution in [-0.2, 0) is 17.8 Å². The molecule has 0 saturated heterocycles. The molecular formula is C19H19N5O. The van der Waals surface area contributed by atoms with Crippen LogP contribution in [0.5, 0.6) is 0 Å². The molecule has 0 aliphatic rings. The van der Waals surface area contributed by atoms with Crippen LogP contribution in [0.4, 0.5) is 5.82 Å². The molecule has 0 radical (unpaired) electrons. The first kappa shape index (κ1) is 15.5. The first-order valence-corrected chi connectivity index (χ1v) is 8.30. The van der Waals surface area contributed by atoms with Gasteiger partial charge < -0.3 is 15.5 Å². The Kier molecular flexibility index (Phi) is 4.03. The average Bonchev–Trinajstić information content (AvgIpc) is 3.07. The second-order valence-corrected chi connectivity index (χ2v) is 5.88. The van der Waals surface area contributed by atoms with Crippen LogP contribution in [0.1, 0.15) is 24.0 Å². The number of H-pyrrole nitrogens is 1. The number of hydrogen-bond donors (Lipinski definition) is 2. The number of rotatable bonds is 5. The maximum absolute atomic E-state index is 6.06. The van der Waals surface area contributed by atoms with Crippen molar-refractivity contribution in [3.8, 4) is 0 Å². The first-order chi connectivity index (χ1) is 12.2. The lowest BCUT2D eigenvalue weighted by molar-refractivity contribution is 0.129. The third kappa shape index (κ3) is 3.04. The molecule has 3 N–H and O–H groups in total. The van der Waals surface area contributed by atoms with E-state index in [1.807, 2.05) is 37.3 Å². The van der Waals surface area contributed by atoms with Gasteiger partial charge in [0, 0.05) is 18.7 Å². The quantitative estimate of drug-likeness (QED) is 0.585. The van der Waals surface area contributed by atoms with Crippen LogP contribution >= 0.6 is 0 Å². The highest BCUT2D eigenvalue weighted by Crippen LogP contribution is 2.25. The van der Waals surface area contributed by atoms with E-state index in [0.29, 0.717) is 30.4 Å². The number of benzene rings is 1. The van der Waals surface area contributed by atoms with Crippen LogP contribution in [-0.4, -0.2) is 26.5 Å². The van der Waals surface area contributed by atoms with Gasteiger partial charge in [-0.15, -0.1) is 0 Å². The summed E-state index contributed by atoms with van der Waals surface area (Å²) >= 11 is 0. The maximum atomic E-state index is 6.06. The molecular weight excluding hydrogens is 314 g/mol. The Hall–Kier alpha value is -2.99. The number of hydrogen-bond acceptors (Lipinski definition) is 5. The number of ether oxygens (including phenoxy) is 1. The van der Waals surface area contributed by atoms with E-state index in [0.717, 1.165) is 28.7 Å². The van der Waals surface area contributed by atoms with Crippen molar-refractivity contribution in [2.75, 3.05) is 12.3 Å². The minimum absolute atomic E-state index is 0.371. The number of aromatic amines is 1. The van der Waals surface area contributed by atoms with Crippen LogP contribution in [0, 0.1) is 0 Å². The Labute approximate surface area is 145 Å². The summed E-state index contributed by atoms with van der Waals surface area (Å²) in [6, 6.07) is 14.3. The number of nitrogens with zero attached hydrogens (tertiary/aromatic N) is 3. The number of anilines is 1. The summed E-state index contributed by atoms with van der Waals surface area (Å²) in [5.74, 6) is 1.02. The van der Waals surface area contributed by atoms with E-state index < -0.39 is 0 Å². The van der Waals surface area contributed by atoms with Crippen molar-refractivity contribution in [1.29, 1.82) is 0 Å². The van der Waals surface area contributed by atoms with Gasteiger partial charge in [-0.05, 0) is 24.6 Å². The molecule has 1 aromatic carbocycles. The van der Waals surface area contributed by atoms with Crippen molar-refractivity contribution in [3.05, 3.63) is 59.5 Å². The van der Waals surface area contributed by atoms with Gasteiger partial charge in [-0.25, -0.2) is 15.0 Å². The molecule has 0 bridgehead atoms. The Morgan fingerprint density at radius 1 is 1.00 bits per heavy atom. The zero-order chi connectivity index (χ0) is 17.2. The van der Waals surface area contributed by atoms with E-state index in [-0.39, 0.29) is 0 Å². The standard InChI is InChI=1S/C19H19N5O/c1-2-25-11-15-23-17-16-14(22-19(20)18(17)24-15)9-8-13(21-16)10-12-6-4-3-5-7-12/h3-9,21H,2,10-11H2,1H3,(H2,20,22). The van der Waals surface area contributed by atoms with Gasteiger partial charge in [-0.1, -0.05) is 30.3 Å². The lowest BCUT2D eigenvalue weighted by Crippen LogP contribution is -1.97. The molecule has 0 aliphatic heterocycles. The van der Waals surface area contributed by atoms with Crippen molar-refractivity contribution in [2.24, 2.45) is 0 Å². The highest BCUT2D eigenvalue weighted by Gasteiger charge is 2.14. The van der Waals surface area contributed by atoms with Crippen molar-refractivity contribution >= 4 is 27.9 Å². The fraction of sp³-hybridized carbons (Fsp3) is 0.211. The normalized spacial score (nSPS) is 11.4. The summed E-state index contributed by atoms with van der Waals surface area (Å²) in [4.78, 5) is 17.0. The van der Waals surface area contributed by atoms with Crippen molar-refractivity contribution < 1.29 is 4.74 Å². The zero-order valence-electron chi connectivity index (χ0n) is 14.0. The van der Waals surface area contributed by atoms with E-state index in [1.165, 1.54) is 5.56 Å². The van der Waals surface area contributed by atoms with Crippen LogP contribution in [0.3, 0.4) is 0 Å². The van der Waals surface area contributed by atoms with Crippen LogP contribution in [0.15, 0.2) is 42.5 Å². The number of pyridine rings is 2. The Bertz CT molecular complexity index is 1030. The van der Waals surface area contributed by atoms with E-state index in [9.17, 15) is 0 Å². The van der Waals surface area contributed by atoms with Gasteiger partial charge in [-0.3, -0.25) is 0 Å². The fourth-order valence-electron chi connectivity index (χ4n) is 2.90. The summed E-state index contributed by atoms with van der Waals surface area (Å²) in [5, 5.41) is 0. The predicted molar refractivity (Wildman–Crippen MR) is 98.2 cm³/mol. The monoisotopic (exact) mass is 333 g/mol. The molecule has 4 rings (SSSR count). The number of imidazole rings is 1. The van der Waals surface area contributed by atoms with E-state index >= 15 is 0 Å². The molecule has 0 atom stereocenters. The molecule has 0 saturated carbocycles. The SMILES string of the molecule is CCOCc1nc2c(N)nc3ccc(Cc4ccccc4)[nH]c3c2n1. The Balaban J connectivity index is 1.80. The highest BCUT2D eigenvalue weighted by atomic mass is 16.5. The second kappa shape index (κ2) is 6.49. The molecule has 6 heteroatoms. The second-order valence-electron chi connectivity index (χ2n) is 5.88. The third-order valence-corrected chi connectivity index (χ3v) is 4.08. The van der Waals surface area contributed by atoms with Gasteiger partial charge in [0.2, 0.25) is 0 Å². The number of aromatic nitrogens is 4. The van der Waals surface area contributed by atoms with Crippen LogP contribution in [0.2, 0.25) is 0 Å². The molecule has 3 aromatic heterocycles. The minimum atomic E-state index is 0.371. The molecule has 126 valence electrons. The van der Waals surface area contributed by atoms with Gasteiger partial charge in [0.05, 0.1) is 11.0 Å². The fourth-order valence-corrected chi connectivity index (χ4v) is 2.90. The van der Waals surface area contributed by atoms with E-state index in [1.54, 1.807) is 0 Å². The molecule has 0 fully saturated rings. The van der Waals surface area contributed by atoms with Crippen molar-refractivity contribution in [2.45, 2.75) is 20.0 Å². The number of nitrogen functional groups attached to an aromatic ring is 1. The van der Waals surface area contributed by atoms with Crippen LogP contribution in [0.25, 0.3) is 22.1 Å². The molecule has 4 aromatic rings. The predicted octanol–water partition coefficient (Wildman–Crippen LogP) is 3.22. The summed E-state index contributed by atoms with van der Waals surface area (Å²) in [5.41, 5.74) is 11.4. The Morgan fingerprint density at radius 2 is 1.80 bits per heavy atom. The van der Waals surface area contributed by atoms with E-state index in [4.69, 9.17) is 10.5 Å². The number of nitrogens with one attached hydrogen (secondary N) is 1. The molecule has 3 heterocycles. The van der Waals surface area contributed by atoms with Gasteiger partial charge in [-0.2, -0.15) is 0 Å². The van der Waals surface area contributed by atoms with Crippen molar-refractivity contribution in [3.63, 3.8) is 0 Å². The topological polar surface area (TPSA) is 89.7 Å². The summed E-state index contributed by atoms with van der Waals surface area (Å²) in [6.45, 7) is 2.93. The van der Waals surface area contributed by atoms with Gasteiger partial charge >= 0.3 is 0 Å². The molecule has 0 aliphatic carbocycles. The minimum Gasteiger partial charge on any atom is -0.382 e. The van der Waals surface area contributed by atoms with Gasteiger partial charge in [0.1, 0.15) is 17.6 Å². The molecule has 6 nitrogen and oxygen atoms in total. The summed E-state index contributed by atoms with van der Waals surface area (Å²) in [7, 11) is 0. The molecule has 0 unspecified atom stereocenters. The largest absolute Gasteiger partial charge is 0.382 e. The smallest absolute Gasteiger partial charge is 0.155 e. The zero-order valence-corrected chi connectivity index (χ0v) is 14.0. The summed E-state index contributed by atoms with van der Waals surface area (Å²) < 4.78 is 5.41. The van der Waals surface area contributed by atoms with Crippen LogP contribution < -0.4 is 5.73 Å². The molecule has 25 heavy (non-hydrogen) atoms. The number of fused-ring (bicyclic) bond motifs is 3. The highest BCUT2D eigenvalue weighted by molar-refractivity contribution is 6.03. The first-order valence-electron chi connectivity index (χ1n) is 8.30. The van der Waals surface area contributed by atoms with Crippen molar-refractivity contribution in [1.82, 2.24) is 19.9 Å².